The van der Waals surface area contributed by atoms with Crippen LogP contribution in [0.5, 0.6) is 0 Å². The van der Waals surface area contributed by atoms with Crippen molar-refractivity contribution in [2.24, 2.45) is 0 Å². The maximum absolute atomic E-state index is 13.6. The van der Waals surface area contributed by atoms with Crippen LogP contribution >= 0.6 is 11.6 Å². The number of benzene rings is 1. The first-order valence-corrected chi connectivity index (χ1v) is 6.97. The summed E-state index contributed by atoms with van der Waals surface area (Å²) >= 11 is 5.99. The lowest BCUT2D eigenvalue weighted by Gasteiger charge is -2.23. The Labute approximate surface area is 113 Å². The molecule has 1 aromatic rings. The van der Waals surface area contributed by atoms with E-state index in [4.69, 9.17) is 11.6 Å². The van der Waals surface area contributed by atoms with Crippen molar-refractivity contribution in [3.63, 3.8) is 0 Å². The zero-order chi connectivity index (χ0) is 13.0. The lowest BCUT2D eigenvalue weighted by molar-refractivity contribution is 0.259. The van der Waals surface area contributed by atoms with Gasteiger partial charge in [-0.2, -0.15) is 0 Å². The molecule has 0 radical (unpaired) electrons. The first-order valence-electron chi connectivity index (χ1n) is 6.60. The Morgan fingerprint density at radius 1 is 1.50 bits per heavy atom. The van der Waals surface area contributed by atoms with Crippen molar-refractivity contribution >= 4 is 11.6 Å². The van der Waals surface area contributed by atoms with Crippen LogP contribution in [0.2, 0.25) is 5.02 Å². The Kier molecular flexibility index (Phi) is 4.98. The summed E-state index contributed by atoms with van der Waals surface area (Å²) in [7, 11) is 0. The van der Waals surface area contributed by atoms with Gasteiger partial charge in [-0.25, -0.2) is 4.39 Å². The van der Waals surface area contributed by atoms with Gasteiger partial charge in [-0.1, -0.05) is 24.6 Å². The molecule has 2 nitrogen and oxygen atoms in total. The van der Waals surface area contributed by atoms with Gasteiger partial charge in [0.15, 0.2) is 0 Å². The summed E-state index contributed by atoms with van der Waals surface area (Å²) in [4.78, 5) is 2.47. The topological polar surface area (TPSA) is 15.3 Å². The Balaban J connectivity index is 1.85. The predicted octanol–water partition coefficient (Wildman–Crippen LogP) is 3.05. The van der Waals surface area contributed by atoms with E-state index in [-0.39, 0.29) is 5.82 Å². The van der Waals surface area contributed by atoms with Gasteiger partial charge in [0.25, 0.3) is 0 Å². The van der Waals surface area contributed by atoms with E-state index in [1.807, 2.05) is 0 Å². The summed E-state index contributed by atoms with van der Waals surface area (Å²) in [6.07, 6.45) is 2.49. The smallest absolute Gasteiger partial charge is 0.129 e. The number of hydrogen-bond acceptors (Lipinski definition) is 2. The quantitative estimate of drug-likeness (QED) is 0.885. The Morgan fingerprint density at radius 2 is 2.33 bits per heavy atom. The Bertz CT molecular complexity index is 377. The number of rotatable bonds is 5. The van der Waals surface area contributed by atoms with E-state index >= 15 is 0 Å². The number of halogens is 2. The molecule has 1 saturated heterocycles. The van der Waals surface area contributed by atoms with Crippen LogP contribution in [0.1, 0.15) is 25.3 Å². The van der Waals surface area contributed by atoms with Crippen LogP contribution in [-0.2, 0) is 6.54 Å². The van der Waals surface area contributed by atoms with Gasteiger partial charge in [0.05, 0.1) is 0 Å². The number of likely N-dealkylation sites (N-methyl/N-ethyl adjacent to an activating group) is 1. The maximum atomic E-state index is 13.6. The minimum Gasteiger partial charge on any atom is -0.311 e. The molecule has 1 atom stereocenters. The van der Waals surface area contributed by atoms with Gasteiger partial charge in [0.2, 0.25) is 0 Å². The van der Waals surface area contributed by atoms with Crippen molar-refractivity contribution in [2.45, 2.75) is 32.4 Å². The third kappa shape index (κ3) is 3.22. The van der Waals surface area contributed by atoms with Crippen molar-refractivity contribution in [1.82, 2.24) is 10.2 Å². The van der Waals surface area contributed by atoms with Gasteiger partial charge in [0, 0.05) is 29.7 Å². The van der Waals surface area contributed by atoms with Crippen LogP contribution in [0.15, 0.2) is 18.2 Å². The summed E-state index contributed by atoms with van der Waals surface area (Å²) < 4.78 is 13.6. The molecule has 1 fully saturated rings. The summed E-state index contributed by atoms with van der Waals surface area (Å²) in [6, 6.07) is 5.41. The number of hydrogen-bond donors (Lipinski definition) is 1. The molecular weight excluding hydrogens is 251 g/mol. The molecule has 0 spiro atoms. The Morgan fingerprint density at radius 3 is 3.06 bits per heavy atom. The van der Waals surface area contributed by atoms with Crippen LogP contribution in [0.3, 0.4) is 0 Å². The first kappa shape index (κ1) is 13.8. The molecule has 2 rings (SSSR count). The third-order valence-corrected chi connectivity index (χ3v) is 4.00. The highest BCUT2D eigenvalue weighted by atomic mass is 35.5. The predicted molar refractivity (Wildman–Crippen MR) is 73.4 cm³/mol. The monoisotopic (exact) mass is 270 g/mol. The van der Waals surface area contributed by atoms with Crippen LogP contribution in [0, 0.1) is 5.82 Å². The third-order valence-electron chi connectivity index (χ3n) is 3.65. The van der Waals surface area contributed by atoms with Crippen LogP contribution in [-0.4, -0.2) is 30.6 Å². The van der Waals surface area contributed by atoms with Crippen molar-refractivity contribution in [3.05, 3.63) is 34.6 Å². The average Bonchev–Trinajstić information content (AvgIpc) is 2.80. The molecule has 4 heteroatoms. The van der Waals surface area contributed by atoms with E-state index in [2.05, 4.69) is 17.1 Å². The summed E-state index contributed by atoms with van der Waals surface area (Å²) in [5.74, 6) is -0.228. The minimum atomic E-state index is -0.228. The van der Waals surface area contributed by atoms with Crippen molar-refractivity contribution < 1.29 is 4.39 Å². The lowest BCUT2D eigenvalue weighted by Crippen LogP contribution is -2.37. The van der Waals surface area contributed by atoms with E-state index < -0.39 is 0 Å². The van der Waals surface area contributed by atoms with Crippen molar-refractivity contribution in [3.8, 4) is 0 Å². The van der Waals surface area contributed by atoms with E-state index in [9.17, 15) is 4.39 Å². The standard InChI is InChI=1S/C14H20ClFN2/c1-2-18-8-4-5-11(18)9-17-10-12-13(15)6-3-7-14(12)16/h3,6-7,11,17H,2,4-5,8-10H2,1H3/t11-/m0/s1. The molecular formula is C14H20ClFN2. The second kappa shape index (κ2) is 6.50. The van der Waals surface area contributed by atoms with Gasteiger partial charge in [-0.15, -0.1) is 0 Å². The highest BCUT2D eigenvalue weighted by molar-refractivity contribution is 6.31. The summed E-state index contributed by atoms with van der Waals surface area (Å²) in [5.41, 5.74) is 0.570. The van der Waals surface area contributed by atoms with Gasteiger partial charge < -0.3 is 5.32 Å². The molecule has 1 N–H and O–H groups in total. The molecule has 0 saturated carbocycles. The van der Waals surface area contributed by atoms with Crippen LogP contribution in [0.25, 0.3) is 0 Å². The molecule has 0 aromatic heterocycles. The normalized spacial score (nSPS) is 20.5. The van der Waals surface area contributed by atoms with Gasteiger partial charge in [-0.3, -0.25) is 4.90 Å². The average molecular weight is 271 g/mol. The highest BCUT2D eigenvalue weighted by Crippen LogP contribution is 2.19. The minimum absolute atomic E-state index is 0.228. The van der Waals surface area contributed by atoms with E-state index in [1.54, 1.807) is 12.1 Å². The van der Waals surface area contributed by atoms with E-state index in [0.29, 0.717) is 23.2 Å². The van der Waals surface area contributed by atoms with Gasteiger partial charge in [-0.05, 0) is 38.1 Å². The van der Waals surface area contributed by atoms with Crippen LogP contribution < -0.4 is 5.32 Å². The fourth-order valence-electron chi connectivity index (χ4n) is 2.61. The fraction of sp³-hybridized carbons (Fsp3) is 0.571. The SMILES string of the molecule is CCN1CCC[C@H]1CNCc1c(F)cccc1Cl. The Hall–Kier alpha value is -0.640. The van der Waals surface area contributed by atoms with Gasteiger partial charge in [0.1, 0.15) is 5.82 Å². The molecule has 1 aliphatic rings. The second-order valence-electron chi connectivity index (χ2n) is 4.76. The van der Waals surface area contributed by atoms with Gasteiger partial charge >= 0.3 is 0 Å². The maximum Gasteiger partial charge on any atom is 0.129 e. The molecule has 1 aromatic carbocycles. The zero-order valence-corrected chi connectivity index (χ0v) is 11.5. The molecule has 0 amide bonds. The molecule has 0 bridgehead atoms. The summed E-state index contributed by atoms with van der Waals surface area (Å²) in [5, 5.41) is 3.82. The molecule has 0 aliphatic carbocycles. The van der Waals surface area contributed by atoms with E-state index in [1.165, 1.54) is 25.5 Å². The van der Waals surface area contributed by atoms with E-state index in [0.717, 1.165) is 13.1 Å². The van der Waals surface area contributed by atoms with Crippen LogP contribution in [0.4, 0.5) is 4.39 Å². The van der Waals surface area contributed by atoms with Crippen molar-refractivity contribution in [1.29, 1.82) is 0 Å². The number of nitrogens with one attached hydrogen (secondary N) is 1. The molecule has 0 unspecified atom stereocenters. The highest BCUT2D eigenvalue weighted by Gasteiger charge is 2.22. The summed E-state index contributed by atoms with van der Waals surface area (Å²) in [6.45, 7) is 5.86. The molecule has 1 aliphatic heterocycles. The zero-order valence-electron chi connectivity index (χ0n) is 10.8. The lowest BCUT2D eigenvalue weighted by atomic mass is 10.2. The number of nitrogens with zero attached hydrogens (tertiary/aromatic N) is 1. The first-order chi connectivity index (χ1) is 8.72. The molecule has 1 heterocycles. The molecule has 18 heavy (non-hydrogen) atoms. The molecule has 100 valence electrons. The van der Waals surface area contributed by atoms with Crippen molar-refractivity contribution in [2.75, 3.05) is 19.6 Å². The second-order valence-corrected chi connectivity index (χ2v) is 5.16. The number of likely N-dealkylation sites (tertiary alicyclic amines) is 1. The largest absolute Gasteiger partial charge is 0.311 e. The fourth-order valence-corrected chi connectivity index (χ4v) is 2.84.